The van der Waals surface area contributed by atoms with Gasteiger partial charge >= 0.3 is 0 Å². The molecular weight excluding hydrogens is 381 g/mol. The average Bonchev–Trinajstić information content (AvgIpc) is 2.74. The van der Waals surface area contributed by atoms with Gasteiger partial charge in [-0.3, -0.25) is 4.79 Å². The number of halogens is 1. The highest BCUT2D eigenvalue weighted by molar-refractivity contribution is 5.80. The number of hydrogen-bond acceptors (Lipinski definition) is 6. The summed E-state index contributed by atoms with van der Waals surface area (Å²) >= 11 is 0. The summed E-state index contributed by atoms with van der Waals surface area (Å²) in [5, 5.41) is 12.4. The Balaban J connectivity index is 1.71. The summed E-state index contributed by atoms with van der Waals surface area (Å²) in [6.45, 7) is 0.208. The highest BCUT2D eigenvalue weighted by Crippen LogP contribution is 2.31. The van der Waals surface area contributed by atoms with Crippen LogP contribution in [0.4, 0.5) is 4.39 Å². The maximum absolute atomic E-state index is 12.8. The van der Waals surface area contributed by atoms with E-state index in [4.69, 9.17) is 25.4 Å². The molecule has 0 spiro atoms. The second kappa shape index (κ2) is 11.4. The summed E-state index contributed by atoms with van der Waals surface area (Å²) in [4.78, 5) is 11.9. The molecule has 8 heteroatoms. The molecule has 7 nitrogen and oxygen atoms in total. The molecule has 2 rings (SSSR count). The SMILES string of the molecule is C#CCOc1ccc(OCCNC(=O)C(O)COc2ccc(F)cc2)cc1OC. The van der Waals surface area contributed by atoms with Crippen molar-refractivity contribution in [1.82, 2.24) is 5.32 Å². The Labute approximate surface area is 168 Å². The van der Waals surface area contributed by atoms with E-state index < -0.39 is 17.8 Å². The summed E-state index contributed by atoms with van der Waals surface area (Å²) < 4.78 is 34.2. The maximum atomic E-state index is 12.8. The Morgan fingerprint density at radius 2 is 1.86 bits per heavy atom. The first kappa shape index (κ1) is 21.9. The average molecular weight is 403 g/mol. The van der Waals surface area contributed by atoms with Gasteiger partial charge in [0.25, 0.3) is 5.91 Å². The Morgan fingerprint density at radius 3 is 2.55 bits per heavy atom. The fraction of sp³-hybridized carbons (Fsp3) is 0.286. The number of amides is 1. The van der Waals surface area contributed by atoms with Gasteiger partial charge in [-0.05, 0) is 36.4 Å². The summed E-state index contributed by atoms with van der Waals surface area (Å²) in [7, 11) is 1.50. The van der Waals surface area contributed by atoms with Crippen molar-refractivity contribution in [3.63, 3.8) is 0 Å². The number of aliphatic hydroxyl groups is 1. The first-order chi connectivity index (χ1) is 14.0. The summed E-state index contributed by atoms with van der Waals surface area (Å²) in [5.41, 5.74) is 0. The number of terminal acetylenes is 1. The first-order valence-corrected chi connectivity index (χ1v) is 8.74. The lowest BCUT2D eigenvalue weighted by Crippen LogP contribution is -2.40. The number of hydrogen-bond donors (Lipinski definition) is 2. The van der Waals surface area contributed by atoms with E-state index >= 15 is 0 Å². The Morgan fingerprint density at radius 1 is 1.14 bits per heavy atom. The molecule has 2 N–H and O–H groups in total. The lowest BCUT2D eigenvalue weighted by Gasteiger charge is -2.14. The molecule has 0 aliphatic rings. The summed E-state index contributed by atoms with van der Waals surface area (Å²) in [6, 6.07) is 10.3. The zero-order valence-corrected chi connectivity index (χ0v) is 15.9. The minimum Gasteiger partial charge on any atom is -0.493 e. The molecule has 1 amide bonds. The fourth-order valence-electron chi connectivity index (χ4n) is 2.22. The molecule has 0 bridgehead atoms. The van der Waals surface area contributed by atoms with E-state index in [1.165, 1.54) is 31.4 Å². The predicted octanol–water partition coefficient (Wildman–Crippen LogP) is 1.78. The molecule has 2 aromatic carbocycles. The minimum atomic E-state index is -1.37. The van der Waals surface area contributed by atoms with Crippen molar-refractivity contribution in [2.75, 3.05) is 33.5 Å². The number of benzene rings is 2. The van der Waals surface area contributed by atoms with Crippen molar-refractivity contribution in [3.05, 3.63) is 48.3 Å². The van der Waals surface area contributed by atoms with Crippen LogP contribution in [0.1, 0.15) is 0 Å². The molecule has 0 aliphatic heterocycles. The van der Waals surface area contributed by atoms with Gasteiger partial charge in [0.1, 0.15) is 37.1 Å². The molecule has 1 atom stereocenters. The smallest absolute Gasteiger partial charge is 0.252 e. The molecule has 0 heterocycles. The monoisotopic (exact) mass is 403 g/mol. The van der Waals surface area contributed by atoms with Crippen LogP contribution in [0, 0.1) is 18.2 Å². The fourth-order valence-corrected chi connectivity index (χ4v) is 2.22. The van der Waals surface area contributed by atoms with Crippen LogP contribution < -0.4 is 24.3 Å². The molecule has 0 fully saturated rings. The molecule has 0 saturated heterocycles. The second-order valence-electron chi connectivity index (χ2n) is 5.73. The van der Waals surface area contributed by atoms with Crippen LogP contribution in [-0.4, -0.2) is 50.6 Å². The topological polar surface area (TPSA) is 86.3 Å². The lowest BCUT2D eigenvalue weighted by atomic mass is 10.3. The summed E-state index contributed by atoms with van der Waals surface area (Å²) in [6.07, 6.45) is 3.80. The van der Waals surface area contributed by atoms with E-state index in [9.17, 15) is 14.3 Å². The third kappa shape index (κ3) is 7.24. The van der Waals surface area contributed by atoms with Gasteiger partial charge in [-0.2, -0.15) is 0 Å². The van der Waals surface area contributed by atoms with Crippen molar-refractivity contribution in [3.8, 4) is 35.3 Å². The largest absolute Gasteiger partial charge is 0.493 e. The van der Waals surface area contributed by atoms with Crippen LogP contribution in [0.5, 0.6) is 23.0 Å². The molecule has 2 aromatic rings. The van der Waals surface area contributed by atoms with Gasteiger partial charge in [0.15, 0.2) is 17.6 Å². The Kier molecular flexibility index (Phi) is 8.60. The number of aliphatic hydroxyl groups excluding tert-OH is 1. The van der Waals surface area contributed by atoms with Gasteiger partial charge in [0, 0.05) is 6.07 Å². The third-order valence-corrected chi connectivity index (χ3v) is 3.64. The molecule has 0 saturated carbocycles. The van der Waals surface area contributed by atoms with Gasteiger partial charge in [-0.1, -0.05) is 5.92 Å². The number of ether oxygens (including phenoxy) is 4. The molecule has 1 unspecified atom stereocenters. The second-order valence-corrected chi connectivity index (χ2v) is 5.73. The van der Waals surface area contributed by atoms with Crippen LogP contribution in [-0.2, 0) is 4.79 Å². The van der Waals surface area contributed by atoms with E-state index in [0.29, 0.717) is 23.0 Å². The van der Waals surface area contributed by atoms with Gasteiger partial charge < -0.3 is 29.4 Å². The van der Waals surface area contributed by atoms with Gasteiger partial charge in [-0.15, -0.1) is 6.42 Å². The maximum Gasteiger partial charge on any atom is 0.252 e. The van der Waals surface area contributed by atoms with E-state index in [1.54, 1.807) is 18.2 Å². The molecule has 154 valence electrons. The van der Waals surface area contributed by atoms with Crippen molar-refractivity contribution < 1.29 is 33.2 Å². The number of carbonyl (C=O) groups excluding carboxylic acids is 1. The van der Waals surface area contributed by atoms with Crippen LogP contribution in [0.2, 0.25) is 0 Å². The number of rotatable bonds is 11. The van der Waals surface area contributed by atoms with Crippen LogP contribution >= 0.6 is 0 Å². The van der Waals surface area contributed by atoms with E-state index in [-0.39, 0.29) is 26.4 Å². The van der Waals surface area contributed by atoms with Crippen LogP contribution in [0.25, 0.3) is 0 Å². The van der Waals surface area contributed by atoms with Gasteiger partial charge in [0.05, 0.1) is 13.7 Å². The van der Waals surface area contributed by atoms with E-state index in [2.05, 4.69) is 11.2 Å². The zero-order chi connectivity index (χ0) is 21.1. The number of carbonyl (C=O) groups is 1. The highest BCUT2D eigenvalue weighted by Gasteiger charge is 2.15. The Bertz CT molecular complexity index is 834. The van der Waals surface area contributed by atoms with Crippen molar-refractivity contribution in [2.45, 2.75) is 6.10 Å². The number of nitrogens with one attached hydrogen (secondary N) is 1. The highest BCUT2D eigenvalue weighted by atomic mass is 19.1. The van der Waals surface area contributed by atoms with Crippen molar-refractivity contribution in [2.24, 2.45) is 0 Å². The van der Waals surface area contributed by atoms with Gasteiger partial charge in [0.2, 0.25) is 0 Å². The van der Waals surface area contributed by atoms with Crippen LogP contribution in [0.3, 0.4) is 0 Å². The van der Waals surface area contributed by atoms with Gasteiger partial charge in [-0.25, -0.2) is 4.39 Å². The van der Waals surface area contributed by atoms with E-state index in [1.807, 2.05) is 0 Å². The quantitative estimate of drug-likeness (QED) is 0.439. The standard InChI is InChI=1S/C21H22FNO6/c1-3-11-28-19-9-8-17(13-20(19)26-2)27-12-10-23-21(25)18(24)14-29-16-6-4-15(22)5-7-16/h1,4-9,13,18,24H,10-12,14H2,2H3,(H,23,25). The zero-order valence-electron chi connectivity index (χ0n) is 15.9. The molecule has 29 heavy (non-hydrogen) atoms. The van der Waals surface area contributed by atoms with E-state index in [0.717, 1.165) is 0 Å². The summed E-state index contributed by atoms with van der Waals surface area (Å²) in [5.74, 6) is 3.20. The first-order valence-electron chi connectivity index (χ1n) is 8.74. The number of methoxy groups -OCH3 is 1. The van der Waals surface area contributed by atoms with Crippen LogP contribution in [0.15, 0.2) is 42.5 Å². The predicted molar refractivity (Wildman–Crippen MR) is 104 cm³/mol. The normalized spacial score (nSPS) is 11.1. The molecule has 0 aromatic heterocycles. The Hall–Kier alpha value is -3.44. The van der Waals surface area contributed by atoms with Crippen molar-refractivity contribution in [1.29, 1.82) is 0 Å². The minimum absolute atomic E-state index is 0.121. The molecular formula is C21H22FNO6. The molecule has 0 radical (unpaired) electrons. The molecule has 0 aliphatic carbocycles. The lowest BCUT2D eigenvalue weighted by molar-refractivity contribution is -0.130. The third-order valence-electron chi connectivity index (χ3n) is 3.64. The van der Waals surface area contributed by atoms with Crippen molar-refractivity contribution >= 4 is 5.91 Å².